The number of unbranched alkanes of at least 4 members (excludes halogenated alkanes) is 1. The number of benzene rings is 2. The Labute approximate surface area is 177 Å². The van der Waals surface area contributed by atoms with E-state index in [0.717, 1.165) is 30.5 Å². The lowest BCUT2D eigenvalue weighted by Crippen LogP contribution is -2.37. The van der Waals surface area contributed by atoms with Gasteiger partial charge in [0.25, 0.3) is 0 Å². The summed E-state index contributed by atoms with van der Waals surface area (Å²) in [6.07, 6.45) is 3.32. The third-order valence-corrected chi connectivity index (χ3v) is 5.63. The smallest absolute Gasteiger partial charge is 0.119 e. The number of hydrogen-bond acceptors (Lipinski definition) is 3. The van der Waals surface area contributed by atoms with Crippen molar-refractivity contribution in [3.8, 4) is 5.75 Å². The van der Waals surface area contributed by atoms with Crippen LogP contribution in [0.1, 0.15) is 76.5 Å². The number of phenolic OH excluding ortho intramolecular Hbond substituents is 1. The molecule has 1 atom stereocenters. The van der Waals surface area contributed by atoms with Gasteiger partial charge in [-0.15, -0.1) is 0 Å². The maximum absolute atomic E-state index is 10.6. The summed E-state index contributed by atoms with van der Waals surface area (Å²) in [6.45, 7) is 13.5. The second-order valence-electron chi connectivity index (χ2n) is 8.41. The SMILES string of the molecule is CCOCc1ccc(O)c(C(CCCCN(C(C)C)C(C)C)c2ccccc2)c1. The molecule has 0 amide bonds. The largest absolute Gasteiger partial charge is 0.508 e. The van der Waals surface area contributed by atoms with Gasteiger partial charge in [-0.25, -0.2) is 0 Å². The zero-order chi connectivity index (χ0) is 21.2. The molecule has 0 heterocycles. The van der Waals surface area contributed by atoms with Crippen molar-refractivity contribution in [1.29, 1.82) is 0 Å². The van der Waals surface area contributed by atoms with Gasteiger partial charge in [0.05, 0.1) is 6.61 Å². The zero-order valence-corrected chi connectivity index (χ0v) is 18.9. The molecule has 29 heavy (non-hydrogen) atoms. The molecule has 0 saturated heterocycles. The molecule has 160 valence electrons. The van der Waals surface area contributed by atoms with E-state index in [2.05, 4.69) is 69.0 Å². The zero-order valence-electron chi connectivity index (χ0n) is 18.9. The fraction of sp³-hybridized carbons (Fsp3) is 0.538. The van der Waals surface area contributed by atoms with Crippen LogP contribution >= 0.6 is 0 Å². The molecule has 0 radical (unpaired) electrons. The summed E-state index contributed by atoms with van der Waals surface area (Å²) in [5, 5.41) is 10.6. The number of aromatic hydroxyl groups is 1. The molecule has 2 aromatic carbocycles. The van der Waals surface area contributed by atoms with E-state index in [9.17, 15) is 5.11 Å². The van der Waals surface area contributed by atoms with Crippen molar-refractivity contribution >= 4 is 0 Å². The van der Waals surface area contributed by atoms with Gasteiger partial charge in [0.1, 0.15) is 5.75 Å². The number of ether oxygens (including phenoxy) is 1. The van der Waals surface area contributed by atoms with Gasteiger partial charge < -0.3 is 9.84 Å². The molecule has 0 bridgehead atoms. The van der Waals surface area contributed by atoms with E-state index < -0.39 is 0 Å². The van der Waals surface area contributed by atoms with Crippen molar-refractivity contribution in [1.82, 2.24) is 4.90 Å². The van der Waals surface area contributed by atoms with Crippen LogP contribution in [0.25, 0.3) is 0 Å². The topological polar surface area (TPSA) is 32.7 Å². The summed E-state index contributed by atoms with van der Waals surface area (Å²) in [6, 6.07) is 17.6. The average molecular weight is 398 g/mol. The van der Waals surface area contributed by atoms with Gasteiger partial charge in [0, 0.05) is 30.2 Å². The Morgan fingerprint density at radius 2 is 1.62 bits per heavy atom. The van der Waals surface area contributed by atoms with E-state index in [4.69, 9.17) is 4.74 Å². The quantitative estimate of drug-likeness (QED) is 0.424. The second kappa shape index (κ2) is 12.0. The van der Waals surface area contributed by atoms with E-state index in [1.807, 2.05) is 19.1 Å². The Kier molecular flexibility index (Phi) is 9.69. The van der Waals surface area contributed by atoms with Crippen LogP contribution in [0.3, 0.4) is 0 Å². The summed E-state index contributed by atoms with van der Waals surface area (Å²) in [4.78, 5) is 2.55. The van der Waals surface area contributed by atoms with Gasteiger partial charge in [-0.1, -0.05) is 42.8 Å². The molecule has 0 aliphatic heterocycles. The minimum absolute atomic E-state index is 0.198. The van der Waals surface area contributed by atoms with Crippen LogP contribution in [-0.2, 0) is 11.3 Å². The molecule has 1 unspecified atom stereocenters. The van der Waals surface area contributed by atoms with Gasteiger partial charge in [-0.05, 0) is 77.3 Å². The first kappa shape index (κ1) is 23.4. The monoisotopic (exact) mass is 397 g/mol. The van der Waals surface area contributed by atoms with Crippen LogP contribution in [-0.4, -0.2) is 35.2 Å². The van der Waals surface area contributed by atoms with Crippen LogP contribution in [0, 0.1) is 0 Å². The van der Waals surface area contributed by atoms with Crippen molar-refractivity contribution in [2.75, 3.05) is 13.2 Å². The van der Waals surface area contributed by atoms with Crippen LogP contribution in [0.15, 0.2) is 48.5 Å². The van der Waals surface area contributed by atoms with Crippen LogP contribution < -0.4 is 0 Å². The van der Waals surface area contributed by atoms with Gasteiger partial charge in [-0.3, -0.25) is 4.90 Å². The number of hydrogen-bond donors (Lipinski definition) is 1. The first-order valence-corrected chi connectivity index (χ1v) is 11.1. The van der Waals surface area contributed by atoms with Gasteiger partial charge in [0.15, 0.2) is 0 Å². The fourth-order valence-corrected chi connectivity index (χ4v) is 4.14. The lowest BCUT2D eigenvalue weighted by Gasteiger charge is -2.30. The molecule has 0 saturated carbocycles. The van der Waals surface area contributed by atoms with E-state index in [1.54, 1.807) is 0 Å². The van der Waals surface area contributed by atoms with Crippen molar-refractivity contribution in [2.45, 2.75) is 78.5 Å². The van der Waals surface area contributed by atoms with Crippen molar-refractivity contribution in [3.63, 3.8) is 0 Å². The lowest BCUT2D eigenvalue weighted by molar-refractivity contribution is 0.134. The van der Waals surface area contributed by atoms with E-state index in [-0.39, 0.29) is 5.92 Å². The highest BCUT2D eigenvalue weighted by Gasteiger charge is 2.19. The minimum Gasteiger partial charge on any atom is -0.508 e. The van der Waals surface area contributed by atoms with Crippen molar-refractivity contribution in [2.24, 2.45) is 0 Å². The summed E-state index contributed by atoms with van der Waals surface area (Å²) in [7, 11) is 0. The Bertz CT molecular complexity index is 704. The normalized spacial score (nSPS) is 12.8. The molecular weight excluding hydrogens is 358 g/mol. The predicted octanol–water partition coefficient (Wildman–Crippen LogP) is 6.35. The number of nitrogens with zero attached hydrogens (tertiary/aromatic N) is 1. The molecule has 0 spiro atoms. The highest BCUT2D eigenvalue weighted by atomic mass is 16.5. The third-order valence-electron chi connectivity index (χ3n) is 5.63. The maximum Gasteiger partial charge on any atom is 0.119 e. The van der Waals surface area contributed by atoms with Crippen LogP contribution in [0.4, 0.5) is 0 Å². The van der Waals surface area contributed by atoms with Gasteiger partial charge >= 0.3 is 0 Å². The minimum atomic E-state index is 0.198. The Morgan fingerprint density at radius 3 is 2.24 bits per heavy atom. The molecule has 2 aromatic rings. The van der Waals surface area contributed by atoms with Crippen LogP contribution in [0.5, 0.6) is 5.75 Å². The highest BCUT2D eigenvalue weighted by Crippen LogP contribution is 2.36. The van der Waals surface area contributed by atoms with E-state index in [1.165, 1.54) is 12.0 Å². The Morgan fingerprint density at radius 1 is 0.931 bits per heavy atom. The molecule has 0 aromatic heterocycles. The standard InChI is InChI=1S/C26H39NO2/c1-6-29-19-22-15-16-26(28)25(18-22)24(23-12-8-7-9-13-23)14-10-11-17-27(20(2)3)21(4)5/h7-9,12-13,15-16,18,20-21,24,28H,6,10-11,14,17,19H2,1-5H3. The molecule has 3 nitrogen and oxygen atoms in total. The van der Waals surface area contributed by atoms with E-state index >= 15 is 0 Å². The molecule has 0 aliphatic rings. The molecule has 3 heteroatoms. The summed E-state index contributed by atoms with van der Waals surface area (Å²) in [5.74, 6) is 0.578. The number of phenols is 1. The molecule has 1 N–H and O–H groups in total. The van der Waals surface area contributed by atoms with Gasteiger partial charge in [0.2, 0.25) is 0 Å². The lowest BCUT2D eigenvalue weighted by atomic mass is 9.85. The third kappa shape index (κ3) is 7.17. The maximum atomic E-state index is 10.6. The highest BCUT2D eigenvalue weighted by molar-refractivity contribution is 5.43. The second-order valence-corrected chi connectivity index (χ2v) is 8.41. The van der Waals surface area contributed by atoms with Crippen LogP contribution in [0.2, 0.25) is 0 Å². The average Bonchev–Trinajstić information content (AvgIpc) is 2.70. The first-order chi connectivity index (χ1) is 13.9. The Hall–Kier alpha value is -1.84. The van der Waals surface area contributed by atoms with Crippen molar-refractivity contribution < 1.29 is 9.84 Å². The summed E-state index contributed by atoms with van der Waals surface area (Å²) >= 11 is 0. The summed E-state index contributed by atoms with van der Waals surface area (Å²) < 4.78 is 5.58. The molecule has 0 aliphatic carbocycles. The Balaban J connectivity index is 2.15. The summed E-state index contributed by atoms with van der Waals surface area (Å²) in [5.41, 5.74) is 3.39. The van der Waals surface area contributed by atoms with Gasteiger partial charge in [-0.2, -0.15) is 0 Å². The number of rotatable bonds is 12. The first-order valence-electron chi connectivity index (χ1n) is 11.1. The molecule has 0 fully saturated rings. The predicted molar refractivity (Wildman–Crippen MR) is 123 cm³/mol. The van der Waals surface area contributed by atoms with E-state index in [0.29, 0.717) is 31.0 Å². The molecule has 2 rings (SSSR count). The fourth-order valence-electron chi connectivity index (χ4n) is 4.14. The molecular formula is C26H39NO2. The van der Waals surface area contributed by atoms with Crippen molar-refractivity contribution in [3.05, 3.63) is 65.2 Å².